The zero-order valence-corrected chi connectivity index (χ0v) is 10.3. The van der Waals surface area contributed by atoms with E-state index in [1.807, 2.05) is 19.1 Å². The number of carbonyl (C=O) groups excluding carboxylic acids is 1. The minimum absolute atomic E-state index is 0.128. The summed E-state index contributed by atoms with van der Waals surface area (Å²) in [5, 5.41) is 5.96. The van der Waals surface area contributed by atoms with Crippen molar-refractivity contribution in [2.24, 2.45) is 0 Å². The van der Waals surface area contributed by atoms with Gasteiger partial charge in [-0.2, -0.15) is 0 Å². The average molecular weight is 237 g/mol. The van der Waals surface area contributed by atoms with Crippen LogP contribution < -0.4 is 10.6 Å². The fraction of sp³-hybridized carbons (Fsp3) is 0.500. The maximum Gasteiger partial charge on any atom is 0.270 e. The minimum atomic E-state index is -0.128. The Hall–Kier alpha value is -1.46. The van der Waals surface area contributed by atoms with Crippen LogP contribution in [-0.2, 0) is 4.74 Å². The second-order valence-corrected chi connectivity index (χ2v) is 3.67. The summed E-state index contributed by atoms with van der Waals surface area (Å²) in [5.41, 5.74) is 1.38. The highest BCUT2D eigenvalue weighted by atomic mass is 16.5. The molecule has 0 aliphatic carbocycles. The number of rotatable bonds is 7. The van der Waals surface area contributed by atoms with Gasteiger partial charge < -0.3 is 15.4 Å². The Morgan fingerprint density at radius 1 is 1.41 bits per heavy atom. The molecule has 5 heteroatoms. The molecule has 1 aromatic rings. The van der Waals surface area contributed by atoms with Gasteiger partial charge in [-0.25, -0.2) is 0 Å². The number of methoxy groups -OCH3 is 1. The van der Waals surface area contributed by atoms with Gasteiger partial charge in [0.1, 0.15) is 5.69 Å². The summed E-state index contributed by atoms with van der Waals surface area (Å²) in [5.74, 6) is -0.128. The fourth-order valence-corrected chi connectivity index (χ4v) is 1.37. The lowest BCUT2D eigenvalue weighted by atomic mass is 10.2. The van der Waals surface area contributed by atoms with E-state index in [0.717, 1.165) is 18.7 Å². The van der Waals surface area contributed by atoms with Crippen molar-refractivity contribution in [2.75, 3.05) is 33.4 Å². The van der Waals surface area contributed by atoms with Crippen LogP contribution in [0.25, 0.3) is 0 Å². The van der Waals surface area contributed by atoms with Crippen molar-refractivity contribution in [3.05, 3.63) is 29.6 Å². The number of aromatic nitrogens is 1. The van der Waals surface area contributed by atoms with Crippen LogP contribution in [0.1, 0.15) is 16.1 Å². The molecule has 0 atom stereocenters. The van der Waals surface area contributed by atoms with E-state index in [9.17, 15) is 4.79 Å². The van der Waals surface area contributed by atoms with Crippen molar-refractivity contribution >= 4 is 5.91 Å². The molecule has 1 amide bonds. The molecule has 0 saturated heterocycles. The van der Waals surface area contributed by atoms with E-state index < -0.39 is 0 Å². The number of hydrogen-bond donors (Lipinski definition) is 2. The summed E-state index contributed by atoms with van der Waals surface area (Å²) in [6.07, 6.45) is 1.62. The largest absolute Gasteiger partial charge is 0.383 e. The van der Waals surface area contributed by atoms with Gasteiger partial charge in [0.2, 0.25) is 0 Å². The van der Waals surface area contributed by atoms with E-state index in [2.05, 4.69) is 15.6 Å². The first kappa shape index (κ1) is 13.6. The molecule has 0 aliphatic heterocycles. The van der Waals surface area contributed by atoms with Gasteiger partial charge in [-0.05, 0) is 18.6 Å². The Balaban J connectivity index is 2.24. The molecule has 5 nitrogen and oxygen atoms in total. The van der Waals surface area contributed by atoms with E-state index in [1.165, 1.54) is 0 Å². The van der Waals surface area contributed by atoms with Gasteiger partial charge in [0.15, 0.2) is 0 Å². The second kappa shape index (κ2) is 7.76. The molecule has 2 N–H and O–H groups in total. The lowest BCUT2D eigenvalue weighted by molar-refractivity contribution is 0.0948. The van der Waals surface area contributed by atoms with E-state index >= 15 is 0 Å². The molecular weight excluding hydrogens is 218 g/mol. The van der Waals surface area contributed by atoms with Crippen molar-refractivity contribution in [2.45, 2.75) is 6.92 Å². The summed E-state index contributed by atoms with van der Waals surface area (Å²) in [4.78, 5) is 15.8. The topological polar surface area (TPSA) is 63.2 Å². The smallest absolute Gasteiger partial charge is 0.270 e. The summed E-state index contributed by atoms with van der Waals surface area (Å²) in [6, 6.07) is 3.69. The van der Waals surface area contributed by atoms with Gasteiger partial charge in [0.25, 0.3) is 5.91 Å². The van der Waals surface area contributed by atoms with Crippen molar-refractivity contribution in [3.8, 4) is 0 Å². The number of carbonyl (C=O) groups is 1. The van der Waals surface area contributed by atoms with E-state index in [4.69, 9.17) is 4.74 Å². The molecule has 0 saturated carbocycles. The summed E-state index contributed by atoms with van der Waals surface area (Å²) in [7, 11) is 1.66. The molecule has 0 unspecified atom stereocenters. The fourth-order valence-electron chi connectivity index (χ4n) is 1.37. The third kappa shape index (κ3) is 4.93. The van der Waals surface area contributed by atoms with E-state index in [-0.39, 0.29) is 5.91 Å². The van der Waals surface area contributed by atoms with Crippen LogP contribution in [0.5, 0.6) is 0 Å². The molecule has 94 valence electrons. The molecule has 0 aliphatic rings. The van der Waals surface area contributed by atoms with Gasteiger partial charge in [0.05, 0.1) is 6.61 Å². The standard InChI is InChI=1S/C12H19N3O2/c1-10-4-3-5-14-11(10)12(16)15-7-6-13-8-9-17-2/h3-5,13H,6-9H2,1-2H3,(H,15,16). The average Bonchev–Trinajstić information content (AvgIpc) is 2.34. The second-order valence-electron chi connectivity index (χ2n) is 3.67. The lowest BCUT2D eigenvalue weighted by Gasteiger charge is -2.07. The number of hydrogen-bond acceptors (Lipinski definition) is 4. The van der Waals surface area contributed by atoms with Crippen LogP contribution in [0.2, 0.25) is 0 Å². The molecule has 0 aromatic carbocycles. The molecule has 0 bridgehead atoms. The number of aryl methyl sites for hydroxylation is 1. The van der Waals surface area contributed by atoms with Gasteiger partial charge in [-0.3, -0.25) is 9.78 Å². The van der Waals surface area contributed by atoms with Crippen molar-refractivity contribution in [1.29, 1.82) is 0 Å². The van der Waals surface area contributed by atoms with Crippen LogP contribution in [0.3, 0.4) is 0 Å². The summed E-state index contributed by atoms with van der Waals surface area (Å²) in [6.45, 7) is 4.64. The van der Waals surface area contributed by atoms with Crippen LogP contribution in [0.15, 0.2) is 18.3 Å². The molecule has 0 spiro atoms. The first-order valence-corrected chi connectivity index (χ1v) is 5.65. The van der Waals surface area contributed by atoms with E-state index in [1.54, 1.807) is 13.3 Å². The monoisotopic (exact) mass is 237 g/mol. The van der Waals surface area contributed by atoms with Crippen LogP contribution >= 0.6 is 0 Å². The SMILES string of the molecule is COCCNCCNC(=O)c1ncccc1C. The predicted octanol–water partition coefficient (Wildman–Crippen LogP) is 0.356. The number of pyridine rings is 1. The van der Waals surface area contributed by atoms with Crippen LogP contribution in [-0.4, -0.2) is 44.2 Å². The zero-order valence-electron chi connectivity index (χ0n) is 10.3. The summed E-state index contributed by atoms with van der Waals surface area (Å²) >= 11 is 0. The quantitative estimate of drug-likeness (QED) is 0.672. The number of ether oxygens (including phenoxy) is 1. The highest BCUT2D eigenvalue weighted by Crippen LogP contribution is 2.01. The molecule has 17 heavy (non-hydrogen) atoms. The van der Waals surface area contributed by atoms with Gasteiger partial charge in [-0.15, -0.1) is 0 Å². The number of nitrogens with zero attached hydrogens (tertiary/aromatic N) is 1. The molecule has 1 aromatic heterocycles. The van der Waals surface area contributed by atoms with Gasteiger partial charge in [0, 0.05) is 32.9 Å². The van der Waals surface area contributed by atoms with Crippen LogP contribution in [0, 0.1) is 6.92 Å². The number of amides is 1. The van der Waals surface area contributed by atoms with E-state index in [0.29, 0.717) is 18.8 Å². The van der Waals surface area contributed by atoms with Gasteiger partial charge >= 0.3 is 0 Å². The van der Waals surface area contributed by atoms with Crippen molar-refractivity contribution in [1.82, 2.24) is 15.6 Å². The third-order valence-corrected chi connectivity index (χ3v) is 2.29. The molecular formula is C12H19N3O2. The third-order valence-electron chi connectivity index (χ3n) is 2.29. The van der Waals surface area contributed by atoms with Gasteiger partial charge in [-0.1, -0.05) is 6.07 Å². The Bertz CT molecular complexity index is 355. The molecule has 0 fully saturated rings. The van der Waals surface area contributed by atoms with Crippen LogP contribution in [0.4, 0.5) is 0 Å². The predicted molar refractivity (Wildman–Crippen MR) is 66.1 cm³/mol. The first-order valence-electron chi connectivity index (χ1n) is 5.65. The Morgan fingerprint density at radius 3 is 2.94 bits per heavy atom. The normalized spacial score (nSPS) is 10.2. The zero-order chi connectivity index (χ0) is 12.5. The Kier molecular flexibility index (Phi) is 6.21. The van der Waals surface area contributed by atoms with Crippen molar-refractivity contribution in [3.63, 3.8) is 0 Å². The summed E-state index contributed by atoms with van der Waals surface area (Å²) < 4.78 is 4.89. The van der Waals surface area contributed by atoms with Crippen molar-refractivity contribution < 1.29 is 9.53 Å². The highest BCUT2D eigenvalue weighted by molar-refractivity contribution is 5.93. The number of nitrogens with one attached hydrogen (secondary N) is 2. The Labute approximate surface area is 102 Å². The molecule has 1 rings (SSSR count). The first-order chi connectivity index (χ1) is 8.25. The molecule has 1 heterocycles. The minimum Gasteiger partial charge on any atom is -0.383 e. The highest BCUT2D eigenvalue weighted by Gasteiger charge is 2.08. The Morgan fingerprint density at radius 2 is 2.24 bits per heavy atom. The maximum atomic E-state index is 11.7. The maximum absolute atomic E-state index is 11.7. The lowest BCUT2D eigenvalue weighted by Crippen LogP contribution is -2.33. The molecule has 0 radical (unpaired) electrons.